The summed E-state index contributed by atoms with van der Waals surface area (Å²) in [6.07, 6.45) is 5.68. The smallest absolute Gasteiger partial charge is 0.145 e. The highest BCUT2D eigenvalue weighted by Crippen LogP contribution is 2.22. The van der Waals surface area contributed by atoms with Crippen LogP contribution in [0.15, 0.2) is 30.6 Å². The van der Waals surface area contributed by atoms with Crippen LogP contribution in [0.2, 0.25) is 0 Å². The molecular weight excluding hydrogens is 242 g/mol. The molecular formula is C14H19N3S. The first-order valence-electron chi connectivity index (χ1n) is 6.41. The Morgan fingerprint density at radius 1 is 1.17 bits per heavy atom. The third-order valence-corrected chi connectivity index (χ3v) is 4.07. The van der Waals surface area contributed by atoms with Crippen molar-refractivity contribution < 1.29 is 0 Å². The molecule has 0 aromatic carbocycles. The van der Waals surface area contributed by atoms with E-state index in [0.717, 1.165) is 25.2 Å². The van der Waals surface area contributed by atoms with Crippen molar-refractivity contribution in [3.05, 3.63) is 46.2 Å². The standard InChI is InChI=1S/C14H19N3S/c1-3-11-6-7-12(18-11)10-13(15-4-2)14-16-8-5-9-17-14/h5-9,13,15H,3-4,10H2,1-2H3. The molecule has 4 heteroatoms. The first-order chi connectivity index (χ1) is 8.83. The SMILES string of the molecule is CCNC(Cc1ccc(CC)s1)c1ncccn1. The van der Waals surface area contributed by atoms with Crippen molar-refractivity contribution >= 4 is 11.3 Å². The summed E-state index contributed by atoms with van der Waals surface area (Å²) in [5.41, 5.74) is 0. The minimum Gasteiger partial charge on any atom is -0.307 e. The van der Waals surface area contributed by atoms with E-state index in [4.69, 9.17) is 0 Å². The molecule has 0 saturated carbocycles. The Morgan fingerprint density at radius 2 is 1.89 bits per heavy atom. The molecule has 0 aliphatic heterocycles. The normalized spacial score (nSPS) is 12.6. The highest BCUT2D eigenvalue weighted by molar-refractivity contribution is 7.11. The second-order valence-corrected chi connectivity index (χ2v) is 5.40. The summed E-state index contributed by atoms with van der Waals surface area (Å²) < 4.78 is 0. The van der Waals surface area contributed by atoms with E-state index in [1.54, 1.807) is 12.4 Å². The van der Waals surface area contributed by atoms with E-state index < -0.39 is 0 Å². The van der Waals surface area contributed by atoms with Crippen LogP contribution in [-0.2, 0) is 12.8 Å². The number of aryl methyl sites for hydroxylation is 1. The molecule has 2 rings (SSSR count). The molecule has 0 radical (unpaired) electrons. The third-order valence-electron chi connectivity index (χ3n) is 2.82. The molecule has 18 heavy (non-hydrogen) atoms. The van der Waals surface area contributed by atoms with E-state index in [0.29, 0.717) is 0 Å². The number of rotatable bonds is 6. The van der Waals surface area contributed by atoms with Crippen LogP contribution in [0.3, 0.4) is 0 Å². The fourth-order valence-corrected chi connectivity index (χ4v) is 2.92. The Kier molecular flexibility index (Phi) is 4.84. The first-order valence-corrected chi connectivity index (χ1v) is 7.23. The maximum Gasteiger partial charge on any atom is 0.145 e. The van der Waals surface area contributed by atoms with Gasteiger partial charge in [0.1, 0.15) is 5.82 Å². The summed E-state index contributed by atoms with van der Waals surface area (Å²) in [5, 5.41) is 3.46. The monoisotopic (exact) mass is 261 g/mol. The topological polar surface area (TPSA) is 37.8 Å². The van der Waals surface area contributed by atoms with Crippen LogP contribution in [0.25, 0.3) is 0 Å². The van der Waals surface area contributed by atoms with Gasteiger partial charge in [0.05, 0.1) is 6.04 Å². The van der Waals surface area contributed by atoms with E-state index in [1.807, 2.05) is 17.4 Å². The quantitative estimate of drug-likeness (QED) is 0.868. The largest absolute Gasteiger partial charge is 0.307 e. The van der Waals surface area contributed by atoms with Crippen LogP contribution >= 0.6 is 11.3 Å². The van der Waals surface area contributed by atoms with Gasteiger partial charge in [-0.05, 0) is 31.2 Å². The zero-order valence-electron chi connectivity index (χ0n) is 10.9. The van der Waals surface area contributed by atoms with Crippen molar-refractivity contribution in [2.75, 3.05) is 6.54 Å². The van der Waals surface area contributed by atoms with Gasteiger partial charge in [0.15, 0.2) is 0 Å². The molecule has 3 nitrogen and oxygen atoms in total. The summed E-state index contributed by atoms with van der Waals surface area (Å²) in [6.45, 7) is 5.23. The van der Waals surface area contributed by atoms with Crippen LogP contribution < -0.4 is 5.32 Å². The number of likely N-dealkylation sites (N-methyl/N-ethyl adjacent to an activating group) is 1. The maximum atomic E-state index is 4.35. The summed E-state index contributed by atoms with van der Waals surface area (Å²) >= 11 is 1.89. The minimum atomic E-state index is 0.208. The zero-order valence-corrected chi connectivity index (χ0v) is 11.7. The molecule has 1 unspecified atom stereocenters. The van der Waals surface area contributed by atoms with Crippen LogP contribution in [0, 0.1) is 0 Å². The number of hydrogen-bond acceptors (Lipinski definition) is 4. The van der Waals surface area contributed by atoms with Gasteiger partial charge in [0.25, 0.3) is 0 Å². The van der Waals surface area contributed by atoms with Crippen LogP contribution in [0.4, 0.5) is 0 Å². The molecule has 0 spiro atoms. The lowest BCUT2D eigenvalue weighted by molar-refractivity contribution is 0.524. The lowest BCUT2D eigenvalue weighted by atomic mass is 10.1. The predicted octanol–water partition coefficient (Wildman–Crippen LogP) is 2.99. The first kappa shape index (κ1) is 13.2. The lowest BCUT2D eigenvalue weighted by Gasteiger charge is -2.15. The number of aromatic nitrogens is 2. The zero-order chi connectivity index (χ0) is 12.8. The Morgan fingerprint density at radius 3 is 2.50 bits per heavy atom. The number of nitrogens with one attached hydrogen (secondary N) is 1. The van der Waals surface area contributed by atoms with Crippen molar-refractivity contribution in [2.24, 2.45) is 0 Å². The van der Waals surface area contributed by atoms with Crippen LogP contribution in [-0.4, -0.2) is 16.5 Å². The molecule has 96 valence electrons. The molecule has 2 aromatic rings. The second-order valence-electron chi connectivity index (χ2n) is 4.14. The highest BCUT2D eigenvalue weighted by Gasteiger charge is 2.14. The van der Waals surface area contributed by atoms with Crippen LogP contribution in [0.1, 0.15) is 35.5 Å². The number of hydrogen-bond donors (Lipinski definition) is 1. The van der Waals surface area contributed by atoms with Crippen molar-refractivity contribution in [1.82, 2.24) is 15.3 Å². The molecule has 0 fully saturated rings. The van der Waals surface area contributed by atoms with Gasteiger partial charge in [0.2, 0.25) is 0 Å². The van der Waals surface area contributed by atoms with Gasteiger partial charge in [-0.2, -0.15) is 0 Å². The van der Waals surface area contributed by atoms with Crippen molar-refractivity contribution in [3.63, 3.8) is 0 Å². The van der Waals surface area contributed by atoms with Crippen LogP contribution in [0.5, 0.6) is 0 Å². The molecule has 0 amide bonds. The Labute approximate surface area is 112 Å². The van der Waals surface area contributed by atoms with Crippen molar-refractivity contribution in [3.8, 4) is 0 Å². The van der Waals surface area contributed by atoms with Gasteiger partial charge in [-0.1, -0.05) is 13.8 Å². The van der Waals surface area contributed by atoms with Crippen molar-refractivity contribution in [2.45, 2.75) is 32.7 Å². The minimum absolute atomic E-state index is 0.208. The molecule has 0 aliphatic carbocycles. The Bertz CT molecular complexity index is 467. The average Bonchev–Trinajstić information content (AvgIpc) is 2.87. The second kappa shape index (κ2) is 6.61. The van der Waals surface area contributed by atoms with Gasteiger partial charge in [-0.15, -0.1) is 11.3 Å². The van der Waals surface area contributed by atoms with Crippen molar-refractivity contribution in [1.29, 1.82) is 0 Å². The van der Waals surface area contributed by atoms with Gasteiger partial charge in [0, 0.05) is 28.6 Å². The molecule has 0 bridgehead atoms. The van der Waals surface area contributed by atoms with Gasteiger partial charge in [-0.3, -0.25) is 0 Å². The van der Waals surface area contributed by atoms with E-state index in [9.17, 15) is 0 Å². The Balaban J connectivity index is 2.11. The third kappa shape index (κ3) is 3.37. The molecule has 1 atom stereocenters. The summed E-state index contributed by atoms with van der Waals surface area (Å²) in [7, 11) is 0. The molecule has 2 heterocycles. The van der Waals surface area contributed by atoms with Gasteiger partial charge >= 0.3 is 0 Å². The maximum absolute atomic E-state index is 4.35. The predicted molar refractivity (Wildman–Crippen MR) is 75.9 cm³/mol. The summed E-state index contributed by atoms with van der Waals surface area (Å²) in [5.74, 6) is 0.880. The molecule has 0 saturated heterocycles. The Hall–Kier alpha value is -1.26. The van der Waals surface area contributed by atoms with Gasteiger partial charge in [-0.25, -0.2) is 9.97 Å². The molecule has 0 aliphatic rings. The summed E-state index contributed by atoms with van der Waals surface area (Å²) in [6, 6.07) is 6.50. The summed E-state index contributed by atoms with van der Waals surface area (Å²) in [4.78, 5) is 11.5. The molecule has 2 aromatic heterocycles. The molecule has 1 N–H and O–H groups in total. The number of nitrogens with zero attached hydrogens (tertiary/aromatic N) is 2. The lowest BCUT2D eigenvalue weighted by Crippen LogP contribution is -2.24. The number of thiophene rings is 1. The van der Waals surface area contributed by atoms with Gasteiger partial charge < -0.3 is 5.32 Å². The van der Waals surface area contributed by atoms with E-state index in [1.165, 1.54) is 9.75 Å². The fraction of sp³-hybridized carbons (Fsp3) is 0.429. The highest BCUT2D eigenvalue weighted by atomic mass is 32.1. The van der Waals surface area contributed by atoms with E-state index in [-0.39, 0.29) is 6.04 Å². The fourth-order valence-electron chi connectivity index (χ4n) is 1.91. The van der Waals surface area contributed by atoms with E-state index in [2.05, 4.69) is 41.3 Å². The average molecular weight is 261 g/mol. The van der Waals surface area contributed by atoms with E-state index >= 15 is 0 Å².